The highest BCUT2D eigenvalue weighted by Crippen LogP contribution is 2.55. The second-order valence-electron chi connectivity index (χ2n) is 9.29. The predicted octanol–water partition coefficient (Wildman–Crippen LogP) is 2.51. The first-order valence-corrected chi connectivity index (χ1v) is 11.8. The summed E-state index contributed by atoms with van der Waals surface area (Å²) >= 11 is 0. The molecular formula is C27H27NO6. The number of aliphatic hydroxyl groups is 1. The minimum Gasteiger partial charge on any atom is -0.491 e. The minimum atomic E-state index is -0.508. The van der Waals surface area contributed by atoms with Gasteiger partial charge in [0, 0.05) is 29.2 Å². The monoisotopic (exact) mass is 461 g/mol. The molecule has 1 N–H and O–H groups in total. The average Bonchev–Trinajstić information content (AvgIpc) is 3.09. The van der Waals surface area contributed by atoms with Gasteiger partial charge in [-0.05, 0) is 56.4 Å². The van der Waals surface area contributed by atoms with Crippen LogP contribution in [0.15, 0.2) is 58.7 Å². The molecule has 3 aliphatic carbocycles. The van der Waals surface area contributed by atoms with E-state index >= 15 is 0 Å². The highest BCUT2D eigenvalue weighted by atomic mass is 16.5. The number of allylic oxidation sites excluding steroid dienone is 6. The molecule has 7 nitrogen and oxygen atoms in total. The van der Waals surface area contributed by atoms with Gasteiger partial charge < -0.3 is 9.84 Å². The summed E-state index contributed by atoms with van der Waals surface area (Å²) in [6, 6.07) is 7.29. The van der Waals surface area contributed by atoms with E-state index in [9.17, 15) is 19.2 Å². The van der Waals surface area contributed by atoms with Crippen LogP contribution in [0.3, 0.4) is 0 Å². The van der Waals surface area contributed by atoms with Crippen LogP contribution in [-0.4, -0.2) is 53.1 Å². The van der Waals surface area contributed by atoms with Gasteiger partial charge in [0.1, 0.15) is 12.4 Å². The molecule has 1 fully saturated rings. The van der Waals surface area contributed by atoms with Gasteiger partial charge in [0.05, 0.1) is 18.4 Å². The number of carbonyl (C=O) groups is 4. The lowest BCUT2D eigenvalue weighted by molar-refractivity contribution is -0.139. The zero-order chi connectivity index (χ0) is 24.1. The molecule has 1 saturated heterocycles. The second kappa shape index (κ2) is 8.47. The first kappa shape index (κ1) is 22.5. The molecule has 34 heavy (non-hydrogen) atoms. The van der Waals surface area contributed by atoms with Crippen molar-refractivity contribution in [1.29, 1.82) is 0 Å². The summed E-state index contributed by atoms with van der Waals surface area (Å²) in [6.45, 7) is 3.86. The maximum atomic E-state index is 13.3. The summed E-state index contributed by atoms with van der Waals surface area (Å²) in [5, 5.41) is 9.01. The molecule has 1 aromatic rings. The first-order valence-electron chi connectivity index (χ1n) is 11.8. The van der Waals surface area contributed by atoms with E-state index in [2.05, 4.69) is 0 Å². The van der Waals surface area contributed by atoms with Crippen LogP contribution < -0.4 is 4.74 Å². The van der Waals surface area contributed by atoms with Crippen molar-refractivity contribution in [2.75, 3.05) is 19.8 Å². The Labute approximate surface area is 197 Å². The Balaban J connectivity index is 1.62. The number of nitrogens with zero attached hydrogens (tertiary/aromatic N) is 1. The third-order valence-electron chi connectivity index (χ3n) is 7.55. The summed E-state index contributed by atoms with van der Waals surface area (Å²) in [7, 11) is 0. The number of fused-ring (bicyclic) bond motifs is 3. The van der Waals surface area contributed by atoms with Gasteiger partial charge >= 0.3 is 0 Å². The van der Waals surface area contributed by atoms with E-state index in [0.29, 0.717) is 41.9 Å². The number of ketones is 2. The fourth-order valence-corrected chi connectivity index (χ4v) is 6.04. The molecule has 7 heteroatoms. The molecule has 1 heterocycles. The quantitative estimate of drug-likeness (QED) is 0.411. The molecule has 4 atom stereocenters. The van der Waals surface area contributed by atoms with Gasteiger partial charge in [0.25, 0.3) is 0 Å². The van der Waals surface area contributed by atoms with Crippen molar-refractivity contribution in [2.24, 2.45) is 17.8 Å². The van der Waals surface area contributed by atoms with E-state index in [-0.39, 0.29) is 42.5 Å². The van der Waals surface area contributed by atoms with Crippen LogP contribution in [0.5, 0.6) is 5.75 Å². The van der Waals surface area contributed by atoms with Gasteiger partial charge in [-0.3, -0.25) is 24.1 Å². The van der Waals surface area contributed by atoms with Crippen LogP contribution in [0.25, 0.3) is 0 Å². The largest absolute Gasteiger partial charge is 0.491 e. The van der Waals surface area contributed by atoms with E-state index in [1.54, 1.807) is 26.0 Å². The van der Waals surface area contributed by atoms with Crippen molar-refractivity contribution in [3.05, 3.63) is 64.3 Å². The van der Waals surface area contributed by atoms with Crippen molar-refractivity contribution in [3.63, 3.8) is 0 Å². The molecular weight excluding hydrogens is 434 g/mol. The number of carbonyl (C=O) groups excluding carboxylic acids is 4. The lowest BCUT2D eigenvalue weighted by Gasteiger charge is -2.42. The van der Waals surface area contributed by atoms with Crippen LogP contribution in [0, 0.1) is 17.8 Å². The summed E-state index contributed by atoms with van der Waals surface area (Å²) in [5.41, 5.74) is 3.13. The van der Waals surface area contributed by atoms with Crippen molar-refractivity contribution >= 4 is 23.4 Å². The Bertz CT molecular complexity index is 1190. The zero-order valence-corrected chi connectivity index (χ0v) is 19.2. The molecule has 0 spiro atoms. The van der Waals surface area contributed by atoms with Gasteiger partial charge in [-0.2, -0.15) is 0 Å². The van der Waals surface area contributed by atoms with Crippen molar-refractivity contribution in [3.8, 4) is 5.75 Å². The summed E-state index contributed by atoms with van der Waals surface area (Å²) in [6.07, 6.45) is 4.15. The molecule has 0 saturated carbocycles. The topological polar surface area (TPSA) is 101 Å². The normalized spacial score (nSPS) is 28.4. The summed E-state index contributed by atoms with van der Waals surface area (Å²) in [4.78, 5) is 53.8. The molecule has 1 aliphatic heterocycles. The van der Waals surface area contributed by atoms with Crippen LogP contribution in [0.2, 0.25) is 0 Å². The van der Waals surface area contributed by atoms with E-state index < -0.39 is 17.8 Å². The Kier molecular flexibility index (Phi) is 5.60. The van der Waals surface area contributed by atoms with Crippen LogP contribution >= 0.6 is 0 Å². The van der Waals surface area contributed by atoms with Crippen LogP contribution in [0.1, 0.15) is 38.2 Å². The standard InChI is InChI=1S/C27H27NO6/c1-3-28-26(32)18-9-8-17-19(23(18)27(28)33)13-20-21(30)12-14(2)25(31)24(20)22(17)15-4-6-16(7-5-15)34-11-10-29/h4-8,12,18-19,22-23,29H,3,9-11,13H2,1-2H3. The Hall–Kier alpha value is -3.32. The van der Waals surface area contributed by atoms with E-state index in [0.717, 1.165) is 11.1 Å². The fraction of sp³-hybridized carbons (Fsp3) is 0.407. The number of likely N-dealkylation sites (tertiary alicyclic amines) is 1. The van der Waals surface area contributed by atoms with Gasteiger partial charge in [0.15, 0.2) is 11.6 Å². The van der Waals surface area contributed by atoms with Crippen molar-refractivity contribution < 1.29 is 29.0 Å². The Morgan fingerprint density at radius 1 is 1.06 bits per heavy atom. The number of hydrogen-bond acceptors (Lipinski definition) is 6. The maximum absolute atomic E-state index is 13.3. The van der Waals surface area contributed by atoms with Crippen LogP contribution in [-0.2, 0) is 19.2 Å². The smallest absolute Gasteiger partial charge is 0.233 e. The van der Waals surface area contributed by atoms with Crippen molar-refractivity contribution in [2.45, 2.75) is 32.6 Å². The second-order valence-corrected chi connectivity index (χ2v) is 9.29. The number of ether oxygens (including phenoxy) is 1. The molecule has 0 radical (unpaired) electrons. The van der Waals surface area contributed by atoms with E-state index in [4.69, 9.17) is 9.84 Å². The number of benzene rings is 1. The third-order valence-corrected chi connectivity index (χ3v) is 7.55. The predicted molar refractivity (Wildman–Crippen MR) is 123 cm³/mol. The SMILES string of the molecule is CCN1C(=O)C2CC=C3C(c4ccc(OCCO)cc4)C4=C(CC3C2C1=O)C(=O)C=C(C)C4=O. The molecule has 0 aromatic heterocycles. The van der Waals surface area contributed by atoms with Crippen molar-refractivity contribution in [1.82, 2.24) is 4.90 Å². The van der Waals surface area contributed by atoms with Gasteiger partial charge in [0.2, 0.25) is 11.8 Å². The van der Waals surface area contributed by atoms with Gasteiger partial charge in [-0.15, -0.1) is 0 Å². The molecule has 5 rings (SSSR count). The van der Waals surface area contributed by atoms with E-state index in [1.165, 1.54) is 11.0 Å². The number of Topliss-reactive ketones (excluding diaryl/α,β-unsaturated/α-hetero) is 1. The number of aliphatic hydroxyl groups excluding tert-OH is 1. The third kappa shape index (κ3) is 3.29. The minimum absolute atomic E-state index is 0.0957. The molecule has 4 unspecified atom stereocenters. The number of hydrogen-bond donors (Lipinski definition) is 1. The maximum Gasteiger partial charge on any atom is 0.233 e. The fourth-order valence-electron chi connectivity index (χ4n) is 6.04. The summed E-state index contributed by atoms with van der Waals surface area (Å²) < 4.78 is 5.48. The number of amides is 2. The van der Waals surface area contributed by atoms with Gasteiger partial charge in [-0.25, -0.2) is 0 Å². The molecule has 176 valence electrons. The zero-order valence-electron chi connectivity index (χ0n) is 19.2. The molecule has 0 bridgehead atoms. The van der Waals surface area contributed by atoms with Gasteiger partial charge in [-0.1, -0.05) is 23.8 Å². The lowest BCUT2D eigenvalue weighted by Crippen LogP contribution is -2.39. The molecule has 4 aliphatic rings. The molecule has 2 amide bonds. The lowest BCUT2D eigenvalue weighted by atomic mass is 9.59. The van der Waals surface area contributed by atoms with Crippen LogP contribution in [0.4, 0.5) is 0 Å². The Morgan fingerprint density at radius 2 is 1.79 bits per heavy atom. The van der Waals surface area contributed by atoms with E-state index in [1.807, 2.05) is 18.2 Å². The number of rotatable bonds is 5. The average molecular weight is 462 g/mol. The number of imide groups is 1. The molecule has 1 aromatic carbocycles. The highest BCUT2D eigenvalue weighted by molar-refractivity contribution is 6.23. The highest BCUT2D eigenvalue weighted by Gasteiger charge is 2.55. The first-order chi connectivity index (χ1) is 16.4. The Morgan fingerprint density at radius 3 is 2.47 bits per heavy atom. The summed E-state index contributed by atoms with van der Waals surface area (Å²) in [5.74, 6) is -1.74.